The van der Waals surface area contributed by atoms with Gasteiger partial charge in [0.2, 0.25) is 0 Å². The summed E-state index contributed by atoms with van der Waals surface area (Å²) in [5, 5.41) is 10.1. The van der Waals surface area contributed by atoms with E-state index in [4.69, 9.17) is 9.47 Å². The molecule has 0 aliphatic carbocycles. The second-order valence-electron chi connectivity index (χ2n) is 7.53. The van der Waals surface area contributed by atoms with Gasteiger partial charge in [0.05, 0.1) is 48.1 Å². The summed E-state index contributed by atoms with van der Waals surface area (Å²) in [5.41, 5.74) is 1.98. The Balaban J connectivity index is 1.97. The minimum absolute atomic E-state index is 0.143. The molecule has 2 aromatic carbocycles. The maximum Gasteiger partial charge on any atom is 0.338 e. The molecule has 35 heavy (non-hydrogen) atoms. The number of thiazole rings is 1. The number of aromatic nitrogens is 1. The van der Waals surface area contributed by atoms with E-state index in [9.17, 15) is 14.7 Å². The topological polar surface area (TPSA) is 90.1 Å². The number of hydrogen-bond donors (Lipinski definition) is 1. The van der Waals surface area contributed by atoms with E-state index in [1.165, 1.54) is 15.9 Å². The van der Waals surface area contributed by atoms with Crippen molar-refractivity contribution in [3.63, 3.8) is 0 Å². The minimum atomic E-state index is -0.721. The lowest BCUT2D eigenvalue weighted by atomic mass is 9.96. The number of halogens is 3. The van der Waals surface area contributed by atoms with Crippen LogP contribution in [0.2, 0.25) is 0 Å². The highest BCUT2D eigenvalue weighted by Crippen LogP contribution is 2.35. The van der Waals surface area contributed by atoms with Crippen LogP contribution < -0.4 is 19.6 Å². The summed E-state index contributed by atoms with van der Waals surface area (Å²) < 4.78 is 14.5. The summed E-state index contributed by atoms with van der Waals surface area (Å²) in [5.74, 6) is 0.257. The lowest BCUT2D eigenvalue weighted by molar-refractivity contribution is -0.139. The average molecular weight is 734 g/mol. The average Bonchev–Trinajstić information content (AvgIpc) is 3.10. The van der Waals surface area contributed by atoms with Crippen molar-refractivity contribution in [2.24, 2.45) is 4.99 Å². The van der Waals surface area contributed by atoms with Gasteiger partial charge in [-0.2, -0.15) is 0 Å². The van der Waals surface area contributed by atoms with Crippen LogP contribution in [0.1, 0.15) is 31.0 Å². The zero-order chi connectivity index (χ0) is 25.4. The Labute approximate surface area is 235 Å². The summed E-state index contributed by atoms with van der Waals surface area (Å²) in [6.07, 6.45) is 1.75. The molecule has 0 saturated carbocycles. The molecule has 0 bridgehead atoms. The summed E-state index contributed by atoms with van der Waals surface area (Å²) in [6, 6.07) is 8.24. The number of phenolic OH excluding ortho intramolecular Hbond substituents is 1. The Kier molecular flexibility index (Phi) is 7.89. The molecule has 0 radical (unpaired) electrons. The fraction of sp³-hybridized carbons (Fsp3) is 0.208. The first-order valence-corrected chi connectivity index (χ1v) is 13.9. The Morgan fingerprint density at radius 3 is 2.66 bits per heavy atom. The van der Waals surface area contributed by atoms with Crippen molar-refractivity contribution in [1.29, 1.82) is 0 Å². The van der Waals surface area contributed by atoms with Gasteiger partial charge in [-0.15, -0.1) is 0 Å². The van der Waals surface area contributed by atoms with Crippen LogP contribution in [0.5, 0.6) is 11.5 Å². The zero-order valence-electron chi connectivity index (χ0n) is 18.8. The standard InChI is InChI=1S/C24H19Br2IN2O5S/c1-4-34-23(32)19-11(2)28-24-29(20(19)13-5-6-17(33-3)14(25)10-13)22(31)18(35-24)9-12-7-15(26)21(30)16(27)8-12/h5-10,20,30H,4H2,1-3H3/b18-9+/t20-/m0/s1. The van der Waals surface area contributed by atoms with Gasteiger partial charge in [0, 0.05) is 0 Å². The molecule has 1 atom stereocenters. The molecular formula is C24H19Br2IN2O5S. The first kappa shape index (κ1) is 26.1. The summed E-state index contributed by atoms with van der Waals surface area (Å²) in [4.78, 5) is 31.8. The maximum atomic E-state index is 13.7. The smallest absolute Gasteiger partial charge is 0.338 e. The summed E-state index contributed by atoms with van der Waals surface area (Å²) in [7, 11) is 1.57. The first-order valence-electron chi connectivity index (χ1n) is 10.4. The number of ether oxygens (including phenoxy) is 2. The fourth-order valence-corrected chi connectivity index (χ4v) is 6.88. The predicted molar refractivity (Wildman–Crippen MR) is 150 cm³/mol. The lowest BCUT2D eigenvalue weighted by Crippen LogP contribution is -2.40. The number of methoxy groups -OCH3 is 1. The number of benzene rings is 2. The second kappa shape index (κ2) is 10.6. The first-order chi connectivity index (χ1) is 16.7. The van der Waals surface area contributed by atoms with Crippen LogP contribution in [0.3, 0.4) is 0 Å². The SMILES string of the molecule is CCOC(=O)C1=C(C)N=c2s/c(=C/c3cc(Br)c(O)c(I)c3)c(=O)n2[C@H]1c1ccc(OC)c(Br)c1. The highest BCUT2D eigenvalue weighted by atomic mass is 127. The Hall–Kier alpha value is -1.96. The molecule has 0 spiro atoms. The van der Waals surface area contributed by atoms with Crippen LogP contribution in [0.4, 0.5) is 0 Å². The minimum Gasteiger partial charge on any atom is -0.506 e. The number of rotatable bonds is 5. The van der Waals surface area contributed by atoms with Gasteiger partial charge in [0.1, 0.15) is 11.5 Å². The van der Waals surface area contributed by atoms with Crippen molar-refractivity contribution in [3.05, 3.63) is 84.9 Å². The molecule has 0 saturated heterocycles. The van der Waals surface area contributed by atoms with Crippen LogP contribution in [-0.2, 0) is 9.53 Å². The van der Waals surface area contributed by atoms with E-state index < -0.39 is 12.0 Å². The molecule has 1 aromatic heterocycles. The zero-order valence-corrected chi connectivity index (χ0v) is 24.9. The second-order valence-corrected chi connectivity index (χ2v) is 11.4. The van der Waals surface area contributed by atoms with E-state index in [2.05, 4.69) is 36.9 Å². The third-order valence-electron chi connectivity index (χ3n) is 5.35. The third kappa shape index (κ3) is 5.00. The van der Waals surface area contributed by atoms with Crippen molar-refractivity contribution >= 4 is 77.8 Å². The van der Waals surface area contributed by atoms with Crippen molar-refractivity contribution in [1.82, 2.24) is 4.57 Å². The van der Waals surface area contributed by atoms with Crippen LogP contribution >= 0.6 is 65.8 Å². The van der Waals surface area contributed by atoms with Gasteiger partial charge in [0.25, 0.3) is 5.56 Å². The number of carbonyl (C=O) groups is 1. The predicted octanol–water partition coefficient (Wildman–Crippen LogP) is 4.64. The number of fused-ring (bicyclic) bond motifs is 1. The lowest BCUT2D eigenvalue weighted by Gasteiger charge is -2.25. The van der Waals surface area contributed by atoms with Gasteiger partial charge in [0.15, 0.2) is 4.80 Å². The number of esters is 1. The van der Waals surface area contributed by atoms with E-state index in [0.717, 1.165) is 5.56 Å². The van der Waals surface area contributed by atoms with Gasteiger partial charge in [-0.3, -0.25) is 9.36 Å². The number of phenols is 1. The Bertz CT molecular complexity index is 1540. The molecule has 1 aliphatic rings. The monoisotopic (exact) mass is 732 g/mol. The highest BCUT2D eigenvalue weighted by molar-refractivity contribution is 14.1. The number of carbonyl (C=O) groups excluding carboxylic acids is 1. The summed E-state index contributed by atoms with van der Waals surface area (Å²) in [6.45, 7) is 3.68. The Morgan fingerprint density at radius 1 is 1.29 bits per heavy atom. The molecule has 1 aliphatic heterocycles. The van der Waals surface area contributed by atoms with Crippen LogP contribution in [-0.4, -0.2) is 29.4 Å². The number of aromatic hydroxyl groups is 1. The van der Waals surface area contributed by atoms with Crippen molar-refractivity contribution in [3.8, 4) is 11.5 Å². The number of allylic oxidation sites excluding steroid dienone is 1. The molecule has 0 fully saturated rings. The number of nitrogens with zero attached hydrogens (tertiary/aromatic N) is 2. The maximum absolute atomic E-state index is 13.7. The van der Waals surface area contributed by atoms with Crippen LogP contribution in [0.25, 0.3) is 6.08 Å². The van der Waals surface area contributed by atoms with E-state index in [1.807, 2.05) is 34.7 Å². The van der Waals surface area contributed by atoms with Gasteiger partial charge in [-0.05, 0) is 110 Å². The molecule has 7 nitrogen and oxygen atoms in total. The molecule has 3 aromatic rings. The van der Waals surface area contributed by atoms with E-state index in [0.29, 0.717) is 44.4 Å². The van der Waals surface area contributed by atoms with Gasteiger partial charge in [-0.1, -0.05) is 17.4 Å². The molecule has 1 N–H and O–H groups in total. The van der Waals surface area contributed by atoms with E-state index in [1.54, 1.807) is 45.2 Å². The molecule has 11 heteroatoms. The van der Waals surface area contributed by atoms with Crippen LogP contribution in [0, 0.1) is 3.57 Å². The van der Waals surface area contributed by atoms with Gasteiger partial charge in [-0.25, -0.2) is 9.79 Å². The van der Waals surface area contributed by atoms with Gasteiger partial charge < -0.3 is 14.6 Å². The summed E-state index contributed by atoms with van der Waals surface area (Å²) >= 11 is 10.1. The quantitative estimate of drug-likeness (QED) is 0.305. The molecular weight excluding hydrogens is 715 g/mol. The molecule has 4 rings (SSSR count). The highest BCUT2D eigenvalue weighted by Gasteiger charge is 2.33. The van der Waals surface area contributed by atoms with E-state index in [-0.39, 0.29) is 17.9 Å². The molecule has 2 heterocycles. The van der Waals surface area contributed by atoms with Crippen molar-refractivity contribution in [2.75, 3.05) is 13.7 Å². The molecule has 0 amide bonds. The number of hydrogen-bond acceptors (Lipinski definition) is 7. The van der Waals surface area contributed by atoms with Crippen LogP contribution in [0.15, 0.2) is 60.3 Å². The fourth-order valence-electron chi connectivity index (χ4n) is 3.78. The van der Waals surface area contributed by atoms with Crippen molar-refractivity contribution < 1.29 is 19.4 Å². The van der Waals surface area contributed by atoms with Crippen molar-refractivity contribution in [2.45, 2.75) is 19.9 Å². The molecule has 0 unspecified atom stereocenters. The third-order valence-corrected chi connectivity index (χ3v) is 8.38. The normalized spacial score (nSPS) is 15.6. The van der Waals surface area contributed by atoms with Gasteiger partial charge >= 0.3 is 5.97 Å². The van der Waals surface area contributed by atoms with E-state index >= 15 is 0 Å². The molecule has 182 valence electrons. The Morgan fingerprint density at radius 2 is 2.03 bits per heavy atom. The largest absolute Gasteiger partial charge is 0.506 e.